The molecule has 3 atom stereocenters. The molecule has 1 aliphatic rings. The fourth-order valence-electron chi connectivity index (χ4n) is 3.11. The Morgan fingerprint density at radius 1 is 1.30 bits per heavy atom. The fourth-order valence-corrected chi connectivity index (χ4v) is 5.47. The first-order valence-corrected chi connectivity index (χ1v) is 10.1. The maximum Gasteiger partial charge on any atom is 1.00 e. The van der Waals surface area contributed by atoms with Gasteiger partial charge in [0, 0.05) is 16.4 Å². The van der Waals surface area contributed by atoms with Crippen LogP contribution in [0.15, 0.2) is 27.6 Å². The molecule has 0 aromatic heterocycles. The predicted octanol–water partition coefficient (Wildman–Crippen LogP) is -0.432. The van der Waals surface area contributed by atoms with Gasteiger partial charge in [0.2, 0.25) is 0 Å². The Kier molecular flexibility index (Phi) is 8.05. The molecule has 1 fully saturated rings. The number of alkyl halides is 3. The van der Waals surface area contributed by atoms with Crippen molar-refractivity contribution in [1.29, 1.82) is 0 Å². The molecule has 2 rings (SSSR count). The van der Waals surface area contributed by atoms with Gasteiger partial charge < -0.3 is 14.6 Å². The van der Waals surface area contributed by atoms with Crippen molar-refractivity contribution >= 4 is 31.7 Å². The maximum atomic E-state index is 13.3. The standard InChI is InChI=1S/C16H18BrF3O5S.Li/c1-8(2)25-13-7-10(6-11(13)15(21)22)26(23,24)14-4-3-9(17)5-12(14)16(18,19)20;/h3-5,8,10-11,13H,6-7H2,1-2H3,(H,21,22);/q;+1/p-1/t10-,11-,13-;/m0./s1. The first-order chi connectivity index (χ1) is 11.8. The smallest absolute Gasteiger partial charge is 0.550 e. The molecular weight excluding hydrogens is 448 g/mol. The molecule has 0 N–H and O–H groups in total. The van der Waals surface area contributed by atoms with E-state index in [0.29, 0.717) is 6.07 Å². The van der Waals surface area contributed by atoms with Crippen molar-refractivity contribution in [2.24, 2.45) is 5.92 Å². The SMILES string of the molecule is CC(C)O[C@H]1C[C@@H](S(=O)(=O)c2ccc(Br)cc2C(F)(F)F)C[C@@H]1C(=O)[O-].[Li+]. The summed E-state index contributed by atoms with van der Waals surface area (Å²) in [6.07, 6.45) is -6.71. The van der Waals surface area contributed by atoms with Gasteiger partial charge in [0.05, 0.1) is 27.9 Å². The van der Waals surface area contributed by atoms with Crippen LogP contribution in [0.4, 0.5) is 13.2 Å². The van der Waals surface area contributed by atoms with Crippen LogP contribution in [0, 0.1) is 5.92 Å². The van der Waals surface area contributed by atoms with Crippen LogP contribution in [0.1, 0.15) is 32.3 Å². The maximum absolute atomic E-state index is 13.3. The van der Waals surface area contributed by atoms with Crippen molar-refractivity contribution in [2.75, 3.05) is 0 Å². The van der Waals surface area contributed by atoms with Crippen LogP contribution < -0.4 is 24.0 Å². The van der Waals surface area contributed by atoms with Crippen molar-refractivity contribution in [3.05, 3.63) is 28.2 Å². The third kappa shape index (κ3) is 5.51. The Hall–Kier alpha value is -0.533. The van der Waals surface area contributed by atoms with Gasteiger partial charge in [-0.3, -0.25) is 0 Å². The van der Waals surface area contributed by atoms with Crippen molar-refractivity contribution in [3.8, 4) is 0 Å². The van der Waals surface area contributed by atoms with E-state index in [1.54, 1.807) is 13.8 Å². The summed E-state index contributed by atoms with van der Waals surface area (Å²) in [5, 5.41) is 10.0. The zero-order chi connectivity index (χ0) is 19.9. The number of hydrogen-bond acceptors (Lipinski definition) is 5. The van der Waals surface area contributed by atoms with E-state index in [0.717, 1.165) is 6.07 Å². The molecule has 11 heteroatoms. The van der Waals surface area contributed by atoms with E-state index in [2.05, 4.69) is 15.9 Å². The first-order valence-electron chi connectivity index (χ1n) is 7.81. The molecule has 146 valence electrons. The molecule has 1 aliphatic carbocycles. The van der Waals surface area contributed by atoms with Crippen LogP contribution in [0.2, 0.25) is 0 Å². The average Bonchev–Trinajstić information content (AvgIpc) is 2.90. The number of aliphatic carboxylic acids is 1. The van der Waals surface area contributed by atoms with Crippen LogP contribution in [0.25, 0.3) is 0 Å². The fraction of sp³-hybridized carbons (Fsp3) is 0.562. The number of carboxylic acids is 1. The zero-order valence-electron chi connectivity index (χ0n) is 14.9. The molecule has 0 spiro atoms. The number of carbonyl (C=O) groups is 1. The summed E-state index contributed by atoms with van der Waals surface area (Å²) in [6.45, 7) is 3.31. The van der Waals surface area contributed by atoms with E-state index < -0.39 is 49.7 Å². The molecule has 1 aromatic rings. The van der Waals surface area contributed by atoms with Gasteiger partial charge >= 0.3 is 25.0 Å². The van der Waals surface area contributed by atoms with E-state index in [1.807, 2.05) is 0 Å². The summed E-state index contributed by atoms with van der Waals surface area (Å²) < 4.78 is 71.0. The van der Waals surface area contributed by atoms with Gasteiger partial charge in [-0.05, 0) is 44.9 Å². The van der Waals surface area contributed by atoms with Gasteiger partial charge in [-0.15, -0.1) is 0 Å². The van der Waals surface area contributed by atoms with E-state index in [9.17, 15) is 31.5 Å². The van der Waals surface area contributed by atoms with Crippen molar-refractivity contribution in [1.82, 2.24) is 0 Å². The summed E-state index contributed by atoms with van der Waals surface area (Å²) in [4.78, 5) is 10.4. The molecule has 0 saturated heterocycles. The van der Waals surface area contributed by atoms with Crippen LogP contribution in [0.5, 0.6) is 0 Å². The number of carbonyl (C=O) groups excluding carboxylic acids is 1. The number of ether oxygens (including phenoxy) is 1. The molecule has 0 amide bonds. The third-order valence-corrected chi connectivity index (χ3v) is 6.93. The van der Waals surface area contributed by atoms with E-state index >= 15 is 0 Å². The van der Waals surface area contributed by atoms with Gasteiger partial charge in [-0.25, -0.2) is 8.42 Å². The molecule has 1 aromatic carbocycles. The molecule has 0 radical (unpaired) electrons. The summed E-state index contributed by atoms with van der Waals surface area (Å²) in [5.41, 5.74) is -1.29. The van der Waals surface area contributed by atoms with Crippen LogP contribution in [-0.4, -0.2) is 31.8 Å². The largest absolute Gasteiger partial charge is 1.00 e. The number of halogens is 4. The van der Waals surface area contributed by atoms with Crippen LogP contribution in [-0.2, 0) is 25.5 Å². The number of hydrogen-bond donors (Lipinski definition) is 0. The van der Waals surface area contributed by atoms with Gasteiger partial charge in [0.25, 0.3) is 0 Å². The van der Waals surface area contributed by atoms with Gasteiger partial charge in [0.1, 0.15) is 0 Å². The number of benzene rings is 1. The van der Waals surface area contributed by atoms with Gasteiger partial charge in [0.15, 0.2) is 9.84 Å². The first kappa shape index (κ1) is 24.5. The normalized spacial score (nSPS) is 23.3. The molecular formula is C16H17BrF3LiO5S. The summed E-state index contributed by atoms with van der Waals surface area (Å²) in [6, 6.07) is 2.78. The number of sulfone groups is 1. The quantitative estimate of drug-likeness (QED) is 0.552. The Bertz CT molecular complexity index is 798. The van der Waals surface area contributed by atoms with E-state index in [1.165, 1.54) is 6.07 Å². The minimum Gasteiger partial charge on any atom is -0.550 e. The second-order valence-corrected chi connectivity index (χ2v) is 9.54. The Morgan fingerprint density at radius 2 is 1.89 bits per heavy atom. The van der Waals surface area contributed by atoms with Gasteiger partial charge in [-0.1, -0.05) is 15.9 Å². The van der Waals surface area contributed by atoms with Crippen LogP contribution in [0.3, 0.4) is 0 Å². The molecule has 0 aliphatic heterocycles. The van der Waals surface area contributed by atoms with Crippen molar-refractivity contribution < 1.29 is 55.1 Å². The minimum atomic E-state index is -4.87. The van der Waals surface area contributed by atoms with E-state index in [-0.39, 0.29) is 42.3 Å². The summed E-state index contributed by atoms with van der Waals surface area (Å²) in [5.74, 6) is -2.66. The zero-order valence-corrected chi connectivity index (χ0v) is 17.3. The molecule has 1 saturated carbocycles. The van der Waals surface area contributed by atoms with Gasteiger partial charge in [-0.2, -0.15) is 13.2 Å². The Morgan fingerprint density at radius 3 is 2.37 bits per heavy atom. The molecule has 27 heavy (non-hydrogen) atoms. The average molecular weight is 465 g/mol. The molecule has 0 heterocycles. The molecule has 5 nitrogen and oxygen atoms in total. The molecule has 0 bridgehead atoms. The third-order valence-electron chi connectivity index (χ3n) is 4.20. The Labute approximate surface area is 175 Å². The second kappa shape index (κ2) is 8.87. The van der Waals surface area contributed by atoms with Crippen molar-refractivity contribution in [3.63, 3.8) is 0 Å². The second-order valence-electron chi connectivity index (χ2n) is 6.43. The van der Waals surface area contributed by atoms with Crippen molar-refractivity contribution in [2.45, 2.75) is 55.2 Å². The van der Waals surface area contributed by atoms with E-state index in [4.69, 9.17) is 4.74 Å². The number of carboxylic acid groups (broad SMARTS) is 1. The summed E-state index contributed by atoms with van der Waals surface area (Å²) in [7, 11) is -4.42. The Balaban J connectivity index is 0.00000364. The topological polar surface area (TPSA) is 83.5 Å². The van der Waals surface area contributed by atoms with Crippen LogP contribution >= 0.6 is 15.9 Å². The summed E-state index contributed by atoms with van der Waals surface area (Å²) >= 11 is 2.90. The monoisotopic (exact) mass is 464 g/mol. The molecule has 0 unspecified atom stereocenters. The minimum absolute atomic E-state index is 0. The number of rotatable bonds is 5. The predicted molar refractivity (Wildman–Crippen MR) is 87.9 cm³/mol.